The van der Waals surface area contributed by atoms with Gasteiger partial charge in [-0.05, 0) is 48.9 Å². The molecule has 0 radical (unpaired) electrons. The smallest absolute Gasteiger partial charge is 0.268 e. The summed E-state index contributed by atoms with van der Waals surface area (Å²) in [6, 6.07) is 20.2. The van der Waals surface area contributed by atoms with Gasteiger partial charge in [-0.3, -0.25) is 9.59 Å². The third-order valence-corrected chi connectivity index (χ3v) is 4.72. The minimum Gasteiger partial charge on any atom is -0.479 e. The second kappa shape index (κ2) is 7.75. The van der Waals surface area contributed by atoms with Crippen LogP contribution in [0.2, 0.25) is 0 Å². The Balaban J connectivity index is 1.58. The fourth-order valence-electron chi connectivity index (χ4n) is 3.22. The molecule has 29 heavy (non-hydrogen) atoms. The molecule has 6 heteroatoms. The van der Waals surface area contributed by atoms with Crippen LogP contribution in [-0.4, -0.2) is 17.9 Å². The molecule has 3 aromatic rings. The Morgan fingerprint density at radius 2 is 1.79 bits per heavy atom. The Labute approximate surface area is 167 Å². The first kappa shape index (κ1) is 18.7. The molecule has 5 nitrogen and oxygen atoms in total. The second-order valence-electron chi connectivity index (χ2n) is 6.81. The molecule has 0 aliphatic carbocycles. The first-order valence-corrected chi connectivity index (χ1v) is 9.24. The topological polar surface area (TPSA) is 58.6 Å². The molecule has 1 aliphatic heterocycles. The molecule has 3 aromatic carbocycles. The minimum atomic E-state index is -0.630. The van der Waals surface area contributed by atoms with E-state index in [1.165, 1.54) is 24.3 Å². The molecule has 4 rings (SSSR count). The van der Waals surface area contributed by atoms with E-state index in [-0.39, 0.29) is 11.8 Å². The van der Waals surface area contributed by atoms with Crippen LogP contribution in [0.5, 0.6) is 5.75 Å². The van der Waals surface area contributed by atoms with Gasteiger partial charge in [0.25, 0.3) is 11.8 Å². The molecule has 1 aliphatic rings. The first-order valence-electron chi connectivity index (χ1n) is 9.24. The summed E-state index contributed by atoms with van der Waals surface area (Å²) in [5, 5.41) is 2.77. The normalized spacial score (nSPS) is 15.4. The number of carbonyl (C=O) groups is 2. The van der Waals surface area contributed by atoms with Crippen LogP contribution in [0.25, 0.3) is 0 Å². The summed E-state index contributed by atoms with van der Waals surface area (Å²) in [5.41, 5.74) is 2.53. The molecule has 1 atom stereocenters. The van der Waals surface area contributed by atoms with Crippen molar-refractivity contribution in [3.8, 4) is 5.75 Å². The highest BCUT2D eigenvalue weighted by Crippen LogP contribution is 2.37. The number of nitrogens with one attached hydrogen (secondary N) is 1. The number of halogens is 1. The molecule has 1 unspecified atom stereocenters. The van der Waals surface area contributed by atoms with E-state index in [1.54, 1.807) is 30.0 Å². The van der Waals surface area contributed by atoms with Crippen molar-refractivity contribution in [1.29, 1.82) is 0 Å². The summed E-state index contributed by atoms with van der Waals surface area (Å²) in [5.74, 6) is -0.360. The summed E-state index contributed by atoms with van der Waals surface area (Å²) in [6.45, 7) is 2.13. The van der Waals surface area contributed by atoms with Gasteiger partial charge in [-0.25, -0.2) is 4.39 Å². The Kier molecular flexibility index (Phi) is 4.99. The number of carbonyl (C=O) groups excluding carboxylic acids is 2. The van der Waals surface area contributed by atoms with E-state index in [1.807, 2.05) is 30.3 Å². The highest BCUT2D eigenvalue weighted by atomic mass is 19.1. The van der Waals surface area contributed by atoms with Gasteiger partial charge in [0.05, 0.1) is 12.2 Å². The number of rotatable bonds is 4. The fraction of sp³-hybridized carbons (Fsp3) is 0.130. The molecule has 1 heterocycles. The Bertz CT molecular complexity index is 1050. The van der Waals surface area contributed by atoms with E-state index < -0.39 is 11.9 Å². The number of fused-ring (bicyclic) bond motifs is 1. The zero-order valence-electron chi connectivity index (χ0n) is 15.8. The zero-order chi connectivity index (χ0) is 20.4. The average Bonchev–Trinajstić information content (AvgIpc) is 2.72. The molecule has 0 spiro atoms. The predicted molar refractivity (Wildman–Crippen MR) is 109 cm³/mol. The van der Waals surface area contributed by atoms with Crippen molar-refractivity contribution < 1.29 is 18.7 Å². The lowest BCUT2D eigenvalue weighted by atomic mass is 10.1. The predicted octanol–water partition coefficient (Wildman–Crippen LogP) is 4.39. The lowest BCUT2D eigenvalue weighted by Crippen LogP contribution is -2.44. The lowest BCUT2D eigenvalue weighted by molar-refractivity contribution is -0.125. The molecule has 0 fully saturated rings. The van der Waals surface area contributed by atoms with Gasteiger partial charge in [0.2, 0.25) is 0 Å². The van der Waals surface area contributed by atoms with E-state index in [4.69, 9.17) is 4.74 Å². The number of nitrogens with zero attached hydrogens (tertiary/aromatic N) is 1. The number of anilines is 2. The van der Waals surface area contributed by atoms with Gasteiger partial charge in [0.15, 0.2) is 6.10 Å². The van der Waals surface area contributed by atoms with Crippen molar-refractivity contribution in [2.24, 2.45) is 0 Å². The highest BCUT2D eigenvalue weighted by molar-refractivity contribution is 6.05. The number of hydrogen-bond donors (Lipinski definition) is 1. The van der Waals surface area contributed by atoms with Crippen LogP contribution in [0, 0.1) is 5.82 Å². The van der Waals surface area contributed by atoms with Gasteiger partial charge in [-0.15, -0.1) is 0 Å². The summed E-state index contributed by atoms with van der Waals surface area (Å²) in [6.07, 6.45) is -0.630. The van der Waals surface area contributed by atoms with Crippen LogP contribution in [0.3, 0.4) is 0 Å². The van der Waals surface area contributed by atoms with Crippen molar-refractivity contribution >= 4 is 23.2 Å². The average molecular weight is 390 g/mol. The standard InChI is InChI=1S/C23H19FN2O3/c1-15-23(28)26(14-16-5-3-2-4-6-16)20-12-11-19(13-21(20)29-15)25-22(27)17-7-9-18(24)10-8-17/h2-13,15H,14H2,1H3,(H,25,27). The molecular formula is C23H19FN2O3. The van der Waals surface area contributed by atoms with Gasteiger partial charge in [0.1, 0.15) is 11.6 Å². The Morgan fingerprint density at radius 1 is 1.07 bits per heavy atom. The molecule has 146 valence electrons. The van der Waals surface area contributed by atoms with Crippen molar-refractivity contribution in [3.63, 3.8) is 0 Å². The molecule has 0 saturated heterocycles. The van der Waals surface area contributed by atoms with E-state index in [0.29, 0.717) is 29.2 Å². The fourth-order valence-corrected chi connectivity index (χ4v) is 3.22. The van der Waals surface area contributed by atoms with Crippen molar-refractivity contribution in [1.82, 2.24) is 0 Å². The molecule has 0 aromatic heterocycles. The first-order chi connectivity index (χ1) is 14.0. The molecule has 0 bridgehead atoms. The SMILES string of the molecule is CC1Oc2cc(NC(=O)c3ccc(F)cc3)ccc2N(Cc2ccccc2)C1=O. The van der Waals surface area contributed by atoms with Crippen LogP contribution in [0.4, 0.5) is 15.8 Å². The largest absolute Gasteiger partial charge is 0.479 e. The van der Waals surface area contributed by atoms with Crippen LogP contribution in [-0.2, 0) is 11.3 Å². The van der Waals surface area contributed by atoms with Crippen molar-refractivity contribution in [2.75, 3.05) is 10.2 Å². The number of ether oxygens (including phenoxy) is 1. The van der Waals surface area contributed by atoms with E-state index in [9.17, 15) is 14.0 Å². The van der Waals surface area contributed by atoms with Crippen molar-refractivity contribution in [2.45, 2.75) is 19.6 Å². The van der Waals surface area contributed by atoms with E-state index in [0.717, 1.165) is 5.56 Å². The van der Waals surface area contributed by atoms with Crippen molar-refractivity contribution in [3.05, 3.63) is 89.7 Å². The van der Waals surface area contributed by atoms with Crippen LogP contribution in [0.15, 0.2) is 72.8 Å². The van der Waals surface area contributed by atoms with E-state index >= 15 is 0 Å². The maximum atomic E-state index is 13.0. The number of amides is 2. The summed E-state index contributed by atoms with van der Waals surface area (Å²) in [4.78, 5) is 26.7. The van der Waals surface area contributed by atoms with Crippen LogP contribution in [0.1, 0.15) is 22.8 Å². The maximum absolute atomic E-state index is 13.0. The third kappa shape index (κ3) is 3.96. The van der Waals surface area contributed by atoms with Gasteiger partial charge >= 0.3 is 0 Å². The van der Waals surface area contributed by atoms with Crippen LogP contribution < -0.4 is 15.0 Å². The van der Waals surface area contributed by atoms with Gasteiger partial charge in [0, 0.05) is 17.3 Å². The second-order valence-corrected chi connectivity index (χ2v) is 6.81. The Morgan fingerprint density at radius 3 is 2.52 bits per heavy atom. The van der Waals surface area contributed by atoms with Crippen LogP contribution >= 0.6 is 0 Å². The monoisotopic (exact) mass is 390 g/mol. The summed E-state index contributed by atoms with van der Waals surface area (Å²) >= 11 is 0. The van der Waals surface area contributed by atoms with Gasteiger partial charge < -0.3 is 15.0 Å². The van der Waals surface area contributed by atoms with E-state index in [2.05, 4.69) is 5.32 Å². The molecule has 0 saturated carbocycles. The summed E-state index contributed by atoms with van der Waals surface area (Å²) in [7, 11) is 0. The lowest BCUT2D eigenvalue weighted by Gasteiger charge is -2.33. The number of benzene rings is 3. The molecule has 2 amide bonds. The van der Waals surface area contributed by atoms with Gasteiger partial charge in [-0.2, -0.15) is 0 Å². The zero-order valence-corrected chi connectivity index (χ0v) is 15.8. The maximum Gasteiger partial charge on any atom is 0.268 e. The summed E-state index contributed by atoms with van der Waals surface area (Å²) < 4.78 is 18.8. The number of hydrogen-bond acceptors (Lipinski definition) is 3. The highest BCUT2D eigenvalue weighted by Gasteiger charge is 2.31. The third-order valence-electron chi connectivity index (χ3n) is 4.72. The Hall–Kier alpha value is -3.67. The molecule has 1 N–H and O–H groups in total. The molecular weight excluding hydrogens is 371 g/mol. The quantitative estimate of drug-likeness (QED) is 0.719. The minimum absolute atomic E-state index is 0.121. The van der Waals surface area contributed by atoms with Gasteiger partial charge in [-0.1, -0.05) is 30.3 Å².